The van der Waals surface area contributed by atoms with Gasteiger partial charge in [-0.25, -0.2) is 4.79 Å². The van der Waals surface area contributed by atoms with E-state index in [-0.39, 0.29) is 12.1 Å². The lowest BCUT2D eigenvalue weighted by atomic mass is 10.0. The number of aryl methyl sites for hydroxylation is 1. The van der Waals surface area contributed by atoms with Crippen molar-refractivity contribution in [2.75, 3.05) is 0 Å². The number of carbonyl (C=O) groups excluding carboxylic acids is 1. The minimum Gasteiger partial charge on any atom is -0.481 e. The Morgan fingerprint density at radius 1 is 1.53 bits per heavy atom. The second kappa shape index (κ2) is 5.73. The molecule has 1 aromatic rings. The van der Waals surface area contributed by atoms with Crippen LogP contribution in [0.5, 0.6) is 0 Å². The summed E-state index contributed by atoms with van der Waals surface area (Å²) in [6.45, 7) is 2.25. The van der Waals surface area contributed by atoms with Crippen LogP contribution in [0.3, 0.4) is 0 Å². The lowest BCUT2D eigenvalue weighted by Gasteiger charge is -2.17. The number of H-pyrrole nitrogens is 1. The molecule has 0 saturated heterocycles. The van der Waals surface area contributed by atoms with Crippen LogP contribution in [0.1, 0.15) is 30.5 Å². The number of carboxylic acid groups (broad SMARTS) is 1. The predicted octanol–water partition coefficient (Wildman–Crippen LogP) is 0.771. The van der Waals surface area contributed by atoms with Crippen LogP contribution in [-0.2, 0) is 11.3 Å². The topological polar surface area (TPSA) is 107 Å². The summed E-state index contributed by atoms with van der Waals surface area (Å²) in [5.41, 5.74) is 1.82. The fourth-order valence-electron chi connectivity index (χ4n) is 2.38. The number of amides is 2. The van der Waals surface area contributed by atoms with Gasteiger partial charge in [0.05, 0.1) is 12.1 Å². The van der Waals surface area contributed by atoms with E-state index in [1.54, 1.807) is 6.20 Å². The van der Waals surface area contributed by atoms with Crippen LogP contribution in [0.2, 0.25) is 0 Å². The van der Waals surface area contributed by atoms with E-state index in [0.29, 0.717) is 13.0 Å². The van der Waals surface area contributed by atoms with Gasteiger partial charge in [0.1, 0.15) is 0 Å². The number of hydrogen-bond acceptors (Lipinski definition) is 3. The molecule has 0 bridgehead atoms. The minimum atomic E-state index is -0.839. The second-order valence-electron chi connectivity index (χ2n) is 4.83. The highest BCUT2D eigenvalue weighted by atomic mass is 16.4. The summed E-state index contributed by atoms with van der Waals surface area (Å²) in [6, 6.07) is -0.610. The van der Waals surface area contributed by atoms with Crippen LogP contribution >= 0.6 is 0 Å². The van der Waals surface area contributed by atoms with Crippen molar-refractivity contribution >= 4 is 12.0 Å². The number of aromatic amines is 1. The molecule has 0 radical (unpaired) electrons. The molecule has 1 aromatic heterocycles. The molecule has 1 fully saturated rings. The van der Waals surface area contributed by atoms with Gasteiger partial charge in [-0.15, -0.1) is 0 Å². The molecule has 0 aliphatic heterocycles. The Balaban J connectivity index is 1.81. The molecule has 0 aromatic carbocycles. The van der Waals surface area contributed by atoms with Crippen LogP contribution in [-0.4, -0.2) is 33.3 Å². The molecule has 1 aliphatic carbocycles. The maximum Gasteiger partial charge on any atom is 0.315 e. The number of carbonyl (C=O) groups is 2. The molecule has 1 heterocycles. The van der Waals surface area contributed by atoms with Gasteiger partial charge in [0.25, 0.3) is 0 Å². The molecule has 1 aliphatic rings. The zero-order valence-electron chi connectivity index (χ0n) is 10.8. The SMILES string of the molecule is Cc1[nH]ncc1CNC(=O)NC1CCCC1C(=O)O. The third-order valence-electron chi connectivity index (χ3n) is 3.52. The summed E-state index contributed by atoms with van der Waals surface area (Å²) >= 11 is 0. The van der Waals surface area contributed by atoms with Crippen LogP contribution in [0, 0.1) is 12.8 Å². The van der Waals surface area contributed by atoms with Crippen molar-refractivity contribution in [3.8, 4) is 0 Å². The van der Waals surface area contributed by atoms with Gasteiger partial charge in [-0.2, -0.15) is 5.10 Å². The fraction of sp³-hybridized carbons (Fsp3) is 0.583. The Bertz CT molecular complexity index is 471. The molecule has 4 N–H and O–H groups in total. The zero-order valence-corrected chi connectivity index (χ0v) is 10.8. The molecule has 1 saturated carbocycles. The van der Waals surface area contributed by atoms with Crippen LogP contribution in [0.15, 0.2) is 6.20 Å². The molecule has 2 rings (SSSR count). The molecule has 2 atom stereocenters. The molecule has 104 valence electrons. The van der Waals surface area contributed by atoms with Gasteiger partial charge in [-0.3, -0.25) is 9.89 Å². The maximum absolute atomic E-state index is 11.7. The highest BCUT2D eigenvalue weighted by molar-refractivity contribution is 5.77. The van der Waals surface area contributed by atoms with Gasteiger partial charge < -0.3 is 15.7 Å². The van der Waals surface area contributed by atoms with Crippen molar-refractivity contribution in [1.29, 1.82) is 0 Å². The highest BCUT2D eigenvalue weighted by Crippen LogP contribution is 2.25. The Morgan fingerprint density at radius 2 is 2.32 bits per heavy atom. The predicted molar refractivity (Wildman–Crippen MR) is 67.5 cm³/mol. The van der Waals surface area contributed by atoms with Crippen molar-refractivity contribution in [1.82, 2.24) is 20.8 Å². The summed E-state index contributed by atoms with van der Waals surface area (Å²) in [7, 11) is 0. The van der Waals surface area contributed by atoms with Gasteiger partial charge >= 0.3 is 12.0 Å². The largest absolute Gasteiger partial charge is 0.481 e. The van der Waals surface area contributed by atoms with E-state index in [2.05, 4.69) is 20.8 Å². The van der Waals surface area contributed by atoms with Crippen molar-refractivity contribution < 1.29 is 14.7 Å². The fourth-order valence-corrected chi connectivity index (χ4v) is 2.38. The molecule has 19 heavy (non-hydrogen) atoms. The number of aromatic nitrogens is 2. The first-order chi connectivity index (χ1) is 9.08. The van der Waals surface area contributed by atoms with Crippen LogP contribution in [0.25, 0.3) is 0 Å². The third-order valence-corrected chi connectivity index (χ3v) is 3.52. The smallest absolute Gasteiger partial charge is 0.315 e. The normalized spacial score (nSPS) is 22.2. The van der Waals surface area contributed by atoms with Gasteiger partial charge in [-0.05, 0) is 19.8 Å². The average molecular weight is 266 g/mol. The first-order valence-corrected chi connectivity index (χ1v) is 6.34. The number of nitrogens with one attached hydrogen (secondary N) is 3. The molecular weight excluding hydrogens is 248 g/mol. The van der Waals surface area contributed by atoms with E-state index < -0.39 is 11.9 Å². The van der Waals surface area contributed by atoms with Gasteiger partial charge in [0.2, 0.25) is 0 Å². The monoisotopic (exact) mass is 266 g/mol. The minimum absolute atomic E-state index is 0.275. The number of carboxylic acids is 1. The third kappa shape index (κ3) is 3.24. The molecular formula is C12H18N4O3. The summed E-state index contributed by atoms with van der Waals surface area (Å²) < 4.78 is 0. The highest BCUT2D eigenvalue weighted by Gasteiger charge is 2.33. The second-order valence-corrected chi connectivity index (χ2v) is 4.83. The maximum atomic E-state index is 11.7. The Labute approximate surface area is 110 Å². The van der Waals surface area contributed by atoms with E-state index in [9.17, 15) is 9.59 Å². The van der Waals surface area contributed by atoms with Gasteiger partial charge in [0, 0.05) is 23.8 Å². The number of hydrogen-bond donors (Lipinski definition) is 4. The lowest BCUT2D eigenvalue weighted by Crippen LogP contribution is -2.45. The number of aliphatic carboxylic acids is 1. The summed E-state index contributed by atoms with van der Waals surface area (Å²) in [5, 5.41) is 21.1. The lowest BCUT2D eigenvalue weighted by molar-refractivity contribution is -0.142. The Morgan fingerprint density at radius 3 is 2.95 bits per heavy atom. The van der Waals surface area contributed by atoms with Crippen LogP contribution in [0.4, 0.5) is 4.79 Å². The van der Waals surface area contributed by atoms with E-state index in [1.807, 2.05) is 6.92 Å². The molecule has 7 nitrogen and oxygen atoms in total. The Kier molecular flexibility index (Phi) is 4.03. The number of urea groups is 1. The number of rotatable bonds is 4. The number of nitrogens with zero attached hydrogens (tertiary/aromatic N) is 1. The quantitative estimate of drug-likeness (QED) is 0.645. The van der Waals surface area contributed by atoms with Crippen molar-refractivity contribution in [2.24, 2.45) is 5.92 Å². The van der Waals surface area contributed by atoms with Crippen molar-refractivity contribution in [3.05, 3.63) is 17.5 Å². The summed E-state index contributed by atoms with van der Waals surface area (Å²) in [5.74, 6) is -1.31. The molecule has 2 amide bonds. The van der Waals surface area contributed by atoms with E-state index in [0.717, 1.165) is 24.1 Å². The van der Waals surface area contributed by atoms with Crippen molar-refractivity contribution in [3.63, 3.8) is 0 Å². The Hall–Kier alpha value is -2.05. The standard InChI is InChI=1S/C12H18N4O3/c1-7-8(6-14-16-7)5-13-12(19)15-10-4-2-3-9(10)11(17)18/h6,9-10H,2-5H2,1H3,(H,14,16)(H,17,18)(H2,13,15,19). The summed E-state index contributed by atoms with van der Waals surface area (Å²) in [6.07, 6.45) is 3.84. The van der Waals surface area contributed by atoms with Crippen molar-refractivity contribution in [2.45, 2.75) is 38.8 Å². The van der Waals surface area contributed by atoms with E-state index >= 15 is 0 Å². The van der Waals surface area contributed by atoms with Gasteiger partial charge in [-0.1, -0.05) is 6.42 Å². The van der Waals surface area contributed by atoms with Crippen LogP contribution < -0.4 is 10.6 Å². The molecule has 2 unspecified atom stereocenters. The summed E-state index contributed by atoms with van der Waals surface area (Å²) in [4.78, 5) is 22.7. The first kappa shape index (κ1) is 13.4. The molecule has 0 spiro atoms. The zero-order chi connectivity index (χ0) is 13.8. The average Bonchev–Trinajstić information content (AvgIpc) is 2.95. The van der Waals surface area contributed by atoms with E-state index in [1.165, 1.54) is 0 Å². The van der Waals surface area contributed by atoms with Gasteiger partial charge in [0.15, 0.2) is 0 Å². The molecule has 7 heteroatoms. The van der Waals surface area contributed by atoms with E-state index in [4.69, 9.17) is 5.11 Å². The first-order valence-electron chi connectivity index (χ1n) is 6.34.